The third-order valence-corrected chi connectivity index (χ3v) is 10.1. The van der Waals surface area contributed by atoms with Gasteiger partial charge in [0.1, 0.15) is 23.3 Å². The average Bonchev–Trinajstić information content (AvgIpc) is 3.21. The molecule has 0 aromatic heterocycles. The number of unbranched alkanes of at least 4 members (excludes halogenated alkanes) is 1. The number of rotatable bonds is 9. The van der Waals surface area contributed by atoms with Crippen molar-refractivity contribution >= 4 is 21.5 Å². The Morgan fingerprint density at radius 3 is 1.09 bits per heavy atom. The van der Waals surface area contributed by atoms with Crippen LogP contribution < -0.4 is 0 Å². The summed E-state index contributed by atoms with van der Waals surface area (Å²) in [6, 6.07) is 47.9. The van der Waals surface area contributed by atoms with E-state index in [4.69, 9.17) is 0 Å². The normalized spacial score (nSPS) is 11.1. The summed E-state index contributed by atoms with van der Waals surface area (Å²) in [6.07, 6.45) is 5.41. The number of halogens is 4. The highest BCUT2D eigenvalue weighted by Crippen LogP contribution is 2.33. The highest BCUT2D eigenvalue weighted by atomic mass is 19.1. The average molecular weight is 731 g/mol. The lowest BCUT2D eigenvalue weighted by molar-refractivity contribution is 0.627. The molecule has 0 bridgehead atoms. The maximum absolute atomic E-state index is 15.2. The summed E-state index contributed by atoms with van der Waals surface area (Å²) in [5, 5.41) is 3.18. The highest BCUT2D eigenvalue weighted by molar-refractivity contribution is 5.90. The van der Waals surface area contributed by atoms with Crippen LogP contribution in [0, 0.1) is 23.3 Å². The first-order valence-corrected chi connectivity index (χ1v) is 19.0. The predicted molar refractivity (Wildman–Crippen MR) is 222 cm³/mol. The van der Waals surface area contributed by atoms with Crippen LogP contribution in [0.2, 0.25) is 0 Å². The van der Waals surface area contributed by atoms with E-state index in [1.165, 1.54) is 35.4 Å². The minimum atomic E-state index is -0.254. The Bertz CT molecular complexity index is 2530. The van der Waals surface area contributed by atoms with Gasteiger partial charge in [-0.15, -0.1) is 0 Å². The van der Waals surface area contributed by atoms with Gasteiger partial charge in [0.15, 0.2) is 0 Å². The molecule has 0 nitrogen and oxygen atoms in total. The summed E-state index contributed by atoms with van der Waals surface area (Å²) < 4.78 is 56.5. The van der Waals surface area contributed by atoms with E-state index in [-0.39, 0.29) is 23.3 Å². The van der Waals surface area contributed by atoms with Gasteiger partial charge in [-0.2, -0.15) is 0 Å². The third kappa shape index (κ3) is 8.55. The predicted octanol–water partition coefficient (Wildman–Crippen LogP) is 15.2. The molecule has 8 aromatic rings. The quantitative estimate of drug-likeness (QED) is 0.130. The summed E-state index contributed by atoms with van der Waals surface area (Å²) in [6.45, 7) is 4.32. The van der Waals surface area contributed by atoms with E-state index in [1.807, 2.05) is 97.1 Å². The minimum Gasteiger partial charge on any atom is -0.207 e. The molecule has 0 radical (unpaired) electrons. The second-order valence-corrected chi connectivity index (χ2v) is 14.0. The van der Waals surface area contributed by atoms with Gasteiger partial charge in [-0.05, 0) is 98.8 Å². The Hall–Kier alpha value is -6.00. The van der Waals surface area contributed by atoms with Gasteiger partial charge < -0.3 is 0 Å². The van der Waals surface area contributed by atoms with Crippen LogP contribution in [0.4, 0.5) is 17.6 Å². The molecule has 0 aliphatic carbocycles. The number of aryl methyl sites for hydroxylation is 2. The summed E-state index contributed by atoms with van der Waals surface area (Å²) >= 11 is 0. The van der Waals surface area contributed by atoms with Crippen LogP contribution in [-0.4, -0.2) is 0 Å². The van der Waals surface area contributed by atoms with E-state index in [0.717, 1.165) is 76.3 Å². The number of benzene rings is 8. The molecule has 0 heterocycles. The van der Waals surface area contributed by atoms with Gasteiger partial charge in [0.2, 0.25) is 0 Å². The molecule has 8 rings (SSSR count). The molecule has 0 amide bonds. The van der Waals surface area contributed by atoms with E-state index in [9.17, 15) is 8.78 Å². The molecular formula is C51H42F4. The van der Waals surface area contributed by atoms with Gasteiger partial charge in [-0.25, -0.2) is 17.6 Å². The van der Waals surface area contributed by atoms with Crippen LogP contribution in [0.15, 0.2) is 158 Å². The molecule has 8 aromatic carbocycles. The third-order valence-electron chi connectivity index (χ3n) is 10.1. The number of hydrogen-bond acceptors (Lipinski definition) is 0. The SMILES string of the molecule is CCCCc1ccc2c(F)c(-c3ccc(-c4ccc(F)cc4)cc3)ccc2c1.CCCc1ccc2c(F)c(-c3ccc(-c4ccc(F)cc4)cc3)ccc2c1. The van der Waals surface area contributed by atoms with E-state index < -0.39 is 0 Å². The molecule has 274 valence electrons. The molecule has 0 unspecified atom stereocenters. The first kappa shape index (κ1) is 37.3. The molecule has 0 N–H and O–H groups in total. The lowest BCUT2D eigenvalue weighted by atomic mass is 9.96. The van der Waals surface area contributed by atoms with Crippen LogP contribution in [0.3, 0.4) is 0 Å². The molecule has 0 saturated carbocycles. The van der Waals surface area contributed by atoms with Crippen molar-refractivity contribution in [1.29, 1.82) is 0 Å². The Morgan fingerprint density at radius 2 is 0.709 bits per heavy atom. The van der Waals surface area contributed by atoms with Crippen LogP contribution in [-0.2, 0) is 12.8 Å². The second-order valence-electron chi connectivity index (χ2n) is 14.0. The summed E-state index contributed by atoms with van der Waals surface area (Å²) in [7, 11) is 0. The van der Waals surface area contributed by atoms with Crippen molar-refractivity contribution in [2.45, 2.75) is 46.0 Å². The molecule has 0 aliphatic heterocycles. The van der Waals surface area contributed by atoms with Crippen LogP contribution >= 0.6 is 0 Å². The highest BCUT2D eigenvalue weighted by Gasteiger charge is 2.12. The Kier molecular flexibility index (Phi) is 11.5. The standard InChI is InChI=1S/C26H22F2.C25H20F2/c1-2-3-4-18-5-15-25-22(17-18)12-16-24(26(25)28)21-8-6-19(7-9-21)20-10-13-23(27)14-11-20;1-2-3-17-4-14-24-21(16-17)11-15-23(25(24)27)20-7-5-18(6-8-20)19-9-12-22(26)13-10-19/h5-17H,2-4H2,1H3;4-16H,2-3H2,1H3. The minimum absolute atomic E-state index is 0.186. The molecule has 0 atom stereocenters. The first-order chi connectivity index (χ1) is 26.8. The molecule has 0 fully saturated rings. The molecular weight excluding hydrogens is 689 g/mol. The largest absolute Gasteiger partial charge is 0.207 e. The smallest absolute Gasteiger partial charge is 0.138 e. The topological polar surface area (TPSA) is 0 Å². The van der Waals surface area contributed by atoms with Crippen molar-refractivity contribution in [3.63, 3.8) is 0 Å². The van der Waals surface area contributed by atoms with Crippen LogP contribution in [0.1, 0.15) is 44.2 Å². The zero-order chi connectivity index (χ0) is 38.3. The monoisotopic (exact) mass is 730 g/mol. The van der Waals surface area contributed by atoms with Gasteiger partial charge >= 0.3 is 0 Å². The zero-order valence-electron chi connectivity index (χ0n) is 31.1. The summed E-state index contributed by atoms with van der Waals surface area (Å²) in [5.74, 6) is -0.883. The fourth-order valence-electron chi connectivity index (χ4n) is 7.08. The maximum Gasteiger partial charge on any atom is 0.138 e. The molecule has 0 aliphatic rings. The lowest BCUT2D eigenvalue weighted by Crippen LogP contribution is -1.90. The van der Waals surface area contributed by atoms with Crippen molar-refractivity contribution in [1.82, 2.24) is 0 Å². The van der Waals surface area contributed by atoms with Gasteiger partial charge in [0.25, 0.3) is 0 Å². The molecule has 0 saturated heterocycles. The van der Waals surface area contributed by atoms with Gasteiger partial charge in [0.05, 0.1) is 0 Å². The fraction of sp³-hybridized carbons (Fsp3) is 0.137. The van der Waals surface area contributed by atoms with Crippen molar-refractivity contribution < 1.29 is 17.6 Å². The van der Waals surface area contributed by atoms with E-state index in [1.54, 1.807) is 24.3 Å². The second kappa shape index (κ2) is 17.0. The Labute approximate surface area is 320 Å². The van der Waals surface area contributed by atoms with Crippen molar-refractivity contribution in [2.24, 2.45) is 0 Å². The molecule has 55 heavy (non-hydrogen) atoms. The summed E-state index contributed by atoms with van der Waals surface area (Å²) in [4.78, 5) is 0. The fourth-order valence-corrected chi connectivity index (χ4v) is 7.08. The van der Waals surface area contributed by atoms with Gasteiger partial charge in [-0.3, -0.25) is 0 Å². The van der Waals surface area contributed by atoms with E-state index >= 15 is 8.78 Å². The Morgan fingerprint density at radius 1 is 0.345 bits per heavy atom. The number of fused-ring (bicyclic) bond motifs is 2. The first-order valence-electron chi connectivity index (χ1n) is 19.0. The number of hydrogen-bond donors (Lipinski definition) is 0. The van der Waals surface area contributed by atoms with E-state index in [0.29, 0.717) is 21.9 Å². The van der Waals surface area contributed by atoms with Crippen molar-refractivity contribution in [3.05, 3.63) is 192 Å². The van der Waals surface area contributed by atoms with Gasteiger partial charge in [0, 0.05) is 21.9 Å². The van der Waals surface area contributed by atoms with Crippen molar-refractivity contribution in [3.8, 4) is 44.5 Å². The van der Waals surface area contributed by atoms with Crippen molar-refractivity contribution in [2.75, 3.05) is 0 Å². The van der Waals surface area contributed by atoms with Gasteiger partial charge in [-0.1, -0.05) is 160 Å². The van der Waals surface area contributed by atoms with Crippen LogP contribution in [0.25, 0.3) is 66.1 Å². The summed E-state index contributed by atoms with van der Waals surface area (Å²) in [5.41, 5.74) is 9.17. The van der Waals surface area contributed by atoms with Crippen LogP contribution in [0.5, 0.6) is 0 Å². The maximum atomic E-state index is 15.2. The zero-order valence-corrected chi connectivity index (χ0v) is 31.1. The molecule has 0 spiro atoms. The Balaban J connectivity index is 0.000000169. The molecule has 4 heteroatoms. The lowest BCUT2D eigenvalue weighted by Gasteiger charge is -2.10. The van der Waals surface area contributed by atoms with E-state index in [2.05, 4.69) is 26.0 Å².